The van der Waals surface area contributed by atoms with Gasteiger partial charge in [-0.25, -0.2) is 4.79 Å². The molecule has 0 aromatic heterocycles. The number of allylic oxidation sites excluding steroid dienone is 2. The maximum Gasteiger partial charge on any atom is 0.416 e. The highest BCUT2D eigenvalue weighted by Gasteiger charge is 2.30. The fourth-order valence-corrected chi connectivity index (χ4v) is 3.69. The fraction of sp³-hybridized carbons (Fsp3) is 0.312. The van der Waals surface area contributed by atoms with Gasteiger partial charge in [0.05, 0.1) is 11.1 Å². The molecular formula is C32H37ClF3NO4. The number of esters is 1. The summed E-state index contributed by atoms with van der Waals surface area (Å²) in [6.45, 7) is 8.04. The van der Waals surface area contributed by atoms with Crippen LogP contribution in [-0.4, -0.2) is 36.1 Å². The van der Waals surface area contributed by atoms with E-state index in [1.54, 1.807) is 48.5 Å². The predicted molar refractivity (Wildman–Crippen MR) is 158 cm³/mol. The molecule has 3 aromatic carbocycles. The second kappa shape index (κ2) is 17.3. The first-order valence-electron chi connectivity index (χ1n) is 12.9. The number of aromatic hydroxyl groups is 1. The highest BCUT2D eigenvalue weighted by Crippen LogP contribution is 2.29. The highest BCUT2D eigenvalue weighted by molar-refractivity contribution is 5.94. The summed E-state index contributed by atoms with van der Waals surface area (Å²) in [5.41, 5.74) is 3.08. The Balaban J connectivity index is 0.000000451. The van der Waals surface area contributed by atoms with Crippen LogP contribution in [0.25, 0.3) is 0 Å². The molecule has 0 fully saturated rings. The standard InChI is InChI=1S/C19H20F3NO2.C13H16O2.ClH/c1-14(12-15-6-5-9-17(13-15)19(20,21)22)23-10-11-25-18(24)16-7-3-2-4-8-16;1-9(2)4-5-12-8-11(10(3)14)6-7-13(12)15;/h2-9,13-14,23H,10-12H2,1H3;4,6-8,15H,5H2,1-3H3;1H. The van der Waals surface area contributed by atoms with E-state index in [1.165, 1.54) is 18.6 Å². The number of carbonyl (C=O) groups excluding carboxylic acids is 2. The Bertz CT molecular complexity index is 1290. The number of hydrogen-bond donors (Lipinski definition) is 2. The number of halogens is 4. The largest absolute Gasteiger partial charge is 0.508 e. The minimum absolute atomic E-state index is 0. The maximum atomic E-state index is 12.7. The number of nitrogens with one attached hydrogen (secondary N) is 1. The van der Waals surface area contributed by atoms with Gasteiger partial charge in [-0.2, -0.15) is 13.2 Å². The Hall–Kier alpha value is -3.62. The van der Waals surface area contributed by atoms with Crippen LogP contribution in [0.3, 0.4) is 0 Å². The molecule has 0 saturated carbocycles. The number of ether oxygens (including phenoxy) is 1. The van der Waals surface area contributed by atoms with Gasteiger partial charge in [0.15, 0.2) is 5.78 Å². The van der Waals surface area contributed by atoms with Crippen molar-refractivity contribution in [2.45, 2.75) is 52.8 Å². The number of Topliss-reactive ketones (excluding diaryl/α,β-unsaturated/α-hetero) is 1. The zero-order valence-corrected chi connectivity index (χ0v) is 24.4. The van der Waals surface area contributed by atoms with Crippen molar-refractivity contribution < 1.29 is 32.6 Å². The molecule has 2 N–H and O–H groups in total. The average molecular weight is 592 g/mol. The van der Waals surface area contributed by atoms with Crippen LogP contribution in [0.4, 0.5) is 13.2 Å². The number of carbonyl (C=O) groups is 2. The van der Waals surface area contributed by atoms with Crippen molar-refractivity contribution in [3.8, 4) is 5.75 Å². The average Bonchev–Trinajstić information content (AvgIpc) is 2.91. The monoisotopic (exact) mass is 591 g/mol. The van der Waals surface area contributed by atoms with E-state index in [-0.39, 0.29) is 36.6 Å². The van der Waals surface area contributed by atoms with Crippen molar-refractivity contribution in [2.24, 2.45) is 0 Å². The predicted octanol–water partition coefficient (Wildman–Crippen LogP) is 7.61. The molecule has 5 nitrogen and oxygen atoms in total. The summed E-state index contributed by atoms with van der Waals surface area (Å²) < 4.78 is 43.3. The number of hydrogen-bond acceptors (Lipinski definition) is 5. The molecule has 0 radical (unpaired) electrons. The lowest BCUT2D eigenvalue weighted by Gasteiger charge is -2.15. The number of phenolic OH excluding ortho intramolecular Hbond substituents is 1. The first-order valence-corrected chi connectivity index (χ1v) is 12.9. The molecular weight excluding hydrogens is 555 g/mol. The quantitative estimate of drug-likeness (QED) is 0.110. The van der Waals surface area contributed by atoms with Gasteiger partial charge in [0.2, 0.25) is 0 Å². The summed E-state index contributed by atoms with van der Waals surface area (Å²) in [4.78, 5) is 22.9. The van der Waals surface area contributed by atoms with E-state index >= 15 is 0 Å². The summed E-state index contributed by atoms with van der Waals surface area (Å²) in [5, 5.41) is 12.7. The molecule has 0 spiro atoms. The molecule has 0 aliphatic carbocycles. The van der Waals surface area contributed by atoms with Gasteiger partial charge in [0.25, 0.3) is 0 Å². The highest BCUT2D eigenvalue weighted by atomic mass is 35.5. The minimum atomic E-state index is -4.34. The molecule has 9 heteroatoms. The molecule has 0 saturated heterocycles. The lowest BCUT2D eigenvalue weighted by molar-refractivity contribution is -0.137. The van der Waals surface area contributed by atoms with Crippen molar-refractivity contribution in [3.05, 3.63) is 112 Å². The summed E-state index contributed by atoms with van der Waals surface area (Å²) >= 11 is 0. The Labute approximate surface area is 245 Å². The Morgan fingerprint density at radius 2 is 1.63 bits per heavy atom. The van der Waals surface area contributed by atoms with Crippen LogP contribution in [-0.2, 0) is 23.8 Å². The summed E-state index contributed by atoms with van der Waals surface area (Å²) in [5.74, 6) is -0.126. The molecule has 1 atom stereocenters. The lowest BCUT2D eigenvalue weighted by atomic mass is 10.0. The van der Waals surface area contributed by atoms with Crippen LogP contribution >= 0.6 is 12.4 Å². The van der Waals surface area contributed by atoms with E-state index in [0.29, 0.717) is 36.1 Å². The van der Waals surface area contributed by atoms with Crippen LogP contribution in [0, 0.1) is 0 Å². The van der Waals surface area contributed by atoms with Crippen LogP contribution in [0.5, 0.6) is 5.75 Å². The summed E-state index contributed by atoms with van der Waals surface area (Å²) in [6, 6.07) is 18.9. The van der Waals surface area contributed by atoms with E-state index in [0.717, 1.165) is 17.7 Å². The van der Waals surface area contributed by atoms with Crippen molar-refractivity contribution in [2.75, 3.05) is 13.2 Å². The molecule has 41 heavy (non-hydrogen) atoms. The number of phenols is 1. The maximum absolute atomic E-state index is 12.7. The molecule has 0 bridgehead atoms. The van der Waals surface area contributed by atoms with E-state index in [9.17, 15) is 27.9 Å². The first kappa shape index (κ1) is 35.4. The second-order valence-corrected chi connectivity index (χ2v) is 9.64. The van der Waals surface area contributed by atoms with Crippen LogP contribution in [0.1, 0.15) is 65.1 Å². The Morgan fingerprint density at radius 3 is 2.24 bits per heavy atom. The van der Waals surface area contributed by atoms with E-state index < -0.39 is 17.7 Å². The van der Waals surface area contributed by atoms with E-state index in [4.69, 9.17) is 4.74 Å². The fourth-order valence-electron chi connectivity index (χ4n) is 3.69. The number of alkyl halides is 3. The van der Waals surface area contributed by atoms with Crippen molar-refractivity contribution in [1.82, 2.24) is 5.32 Å². The van der Waals surface area contributed by atoms with Gasteiger partial charge in [-0.05, 0) is 88.1 Å². The molecule has 0 heterocycles. The van der Waals surface area contributed by atoms with Gasteiger partial charge in [-0.3, -0.25) is 4.79 Å². The third-order valence-corrected chi connectivity index (χ3v) is 5.85. The Morgan fingerprint density at radius 1 is 0.951 bits per heavy atom. The molecule has 0 aliphatic rings. The molecule has 3 aromatic rings. The van der Waals surface area contributed by atoms with Crippen LogP contribution in [0.15, 0.2) is 84.4 Å². The number of rotatable bonds is 10. The van der Waals surface area contributed by atoms with Crippen molar-refractivity contribution in [1.29, 1.82) is 0 Å². The minimum Gasteiger partial charge on any atom is -0.508 e. The van der Waals surface area contributed by atoms with Crippen molar-refractivity contribution in [3.63, 3.8) is 0 Å². The van der Waals surface area contributed by atoms with Gasteiger partial charge in [0, 0.05) is 18.2 Å². The van der Waals surface area contributed by atoms with E-state index in [1.807, 2.05) is 32.9 Å². The zero-order chi connectivity index (χ0) is 29.7. The van der Waals surface area contributed by atoms with Crippen LogP contribution < -0.4 is 5.32 Å². The molecule has 3 rings (SSSR count). The topological polar surface area (TPSA) is 75.6 Å². The van der Waals surface area contributed by atoms with Gasteiger partial charge < -0.3 is 15.2 Å². The van der Waals surface area contributed by atoms with Gasteiger partial charge >= 0.3 is 12.1 Å². The summed E-state index contributed by atoms with van der Waals surface area (Å²) in [7, 11) is 0. The lowest BCUT2D eigenvalue weighted by Crippen LogP contribution is -2.31. The van der Waals surface area contributed by atoms with Gasteiger partial charge in [0.1, 0.15) is 12.4 Å². The third-order valence-electron chi connectivity index (χ3n) is 5.85. The van der Waals surface area contributed by atoms with Gasteiger partial charge in [-0.1, -0.05) is 48.0 Å². The second-order valence-electron chi connectivity index (χ2n) is 9.64. The SMILES string of the molecule is CC(=O)c1ccc(O)c(CC=C(C)C)c1.CC(Cc1cccc(C(F)(F)F)c1)NCCOC(=O)c1ccccc1.Cl. The smallest absolute Gasteiger partial charge is 0.416 e. The zero-order valence-electron chi connectivity index (χ0n) is 23.6. The third kappa shape index (κ3) is 13.1. The van der Waals surface area contributed by atoms with E-state index in [2.05, 4.69) is 5.32 Å². The van der Waals surface area contributed by atoms with Crippen molar-refractivity contribution >= 4 is 24.2 Å². The number of ketones is 1. The molecule has 222 valence electrons. The first-order chi connectivity index (χ1) is 18.9. The number of benzene rings is 3. The molecule has 0 amide bonds. The summed E-state index contributed by atoms with van der Waals surface area (Å²) in [6.07, 6.45) is -1.19. The van der Waals surface area contributed by atoms with Crippen LogP contribution in [0.2, 0.25) is 0 Å². The molecule has 1 unspecified atom stereocenters. The molecule has 0 aliphatic heterocycles. The van der Waals surface area contributed by atoms with Gasteiger partial charge in [-0.15, -0.1) is 12.4 Å². The Kier molecular flexibility index (Phi) is 14.9. The normalized spacial score (nSPS) is 11.3.